The van der Waals surface area contributed by atoms with Gasteiger partial charge in [0.15, 0.2) is 11.5 Å². The predicted molar refractivity (Wildman–Crippen MR) is 127 cm³/mol. The fourth-order valence-corrected chi connectivity index (χ4v) is 4.76. The SMILES string of the molecule is CCN(Cc1cccc(Cl)c1)C(=O)c1cccc(NS(=O)(=O)c2ccc3c(c2)OCCO3)c1. The number of benzene rings is 3. The van der Waals surface area contributed by atoms with Gasteiger partial charge < -0.3 is 14.4 Å². The molecular formula is C24H23ClN2O5S. The van der Waals surface area contributed by atoms with E-state index in [4.69, 9.17) is 21.1 Å². The van der Waals surface area contributed by atoms with Gasteiger partial charge in [-0.2, -0.15) is 0 Å². The maximum atomic E-state index is 13.1. The van der Waals surface area contributed by atoms with Gasteiger partial charge in [-0.25, -0.2) is 8.42 Å². The lowest BCUT2D eigenvalue weighted by molar-refractivity contribution is 0.0752. The molecule has 1 heterocycles. The van der Waals surface area contributed by atoms with Crippen molar-refractivity contribution in [3.63, 3.8) is 0 Å². The third-order valence-electron chi connectivity index (χ3n) is 5.12. The molecule has 9 heteroatoms. The Kier molecular flexibility index (Phi) is 6.76. The van der Waals surface area contributed by atoms with Gasteiger partial charge in [-0.1, -0.05) is 29.8 Å². The molecule has 0 atom stereocenters. The molecule has 1 N–H and O–H groups in total. The van der Waals surface area contributed by atoms with E-state index < -0.39 is 10.0 Å². The number of halogens is 1. The van der Waals surface area contributed by atoms with E-state index in [-0.39, 0.29) is 16.5 Å². The van der Waals surface area contributed by atoms with Gasteiger partial charge in [0.1, 0.15) is 13.2 Å². The second-order valence-corrected chi connectivity index (χ2v) is 9.56. The summed E-state index contributed by atoms with van der Waals surface area (Å²) in [5.74, 6) is 0.678. The van der Waals surface area contributed by atoms with Crippen molar-refractivity contribution < 1.29 is 22.7 Å². The normalized spacial score (nSPS) is 12.8. The van der Waals surface area contributed by atoms with Crippen LogP contribution in [0.1, 0.15) is 22.8 Å². The number of hydrogen-bond acceptors (Lipinski definition) is 5. The van der Waals surface area contributed by atoms with Gasteiger partial charge in [0.05, 0.1) is 4.90 Å². The first-order valence-corrected chi connectivity index (χ1v) is 12.3. The number of hydrogen-bond donors (Lipinski definition) is 1. The molecule has 0 bridgehead atoms. The maximum Gasteiger partial charge on any atom is 0.262 e. The summed E-state index contributed by atoms with van der Waals surface area (Å²) in [6.45, 7) is 3.54. The van der Waals surface area contributed by atoms with Crippen LogP contribution in [0, 0.1) is 0 Å². The Hall–Kier alpha value is -3.23. The number of amides is 1. The molecule has 4 rings (SSSR count). The monoisotopic (exact) mass is 486 g/mol. The zero-order chi connectivity index (χ0) is 23.4. The van der Waals surface area contributed by atoms with Gasteiger partial charge in [0.2, 0.25) is 0 Å². The zero-order valence-corrected chi connectivity index (χ0v) is 19.5. The Morgan fingerprint density at radius 3 is 2.52 bits per heavy atom. The molecule has 0 aliphatic carbocycles. The highest BCUT2D eigenvalue weighted by Crippen LogP contribution is 2.32. The van der Waals surface area contributed by atoms with Gasteiger partial charge in [-0.05, 0) is 55.0 Å². The van der Waals surface area contributed by atoms with Crippen LogP contribution >= 0.6 is 11.6 Å². The Labute approximate surface area is 197 Å². The molecule has 0 aromatic heterocycles. The molecule has 1 aliphatic rings. The highest BCUT2D eigenvalue weighted by Gasteiger charge is 2.21. The first kappa shape index (κ1) is 22.9. The first-order valence-electron chi connectivity index (χ1n) is 10.4. The minimum Gasteiger partial charge on any atom is -0.486 e. The molecular weight excluding hydrogens is 464 g/mol. The molecule has 0 radical (unpaired) electrons. The van der Waals surface area contributed by atoms with Crippen molar-refractivity contribution >= 4 is 33.2 Å². The number of nitrogens with one attached hydrogen (secondary N) is 1. The van der Waals surface area contributed by atoms with Gasteiger partial charge in [0.25, 0.3) is 15.9 Å². The Balaban J connectivity index is 1.52. The van der Waals surface area contributed by atoms with Crippen molar-refractivity contribution in [3.8, 4) is 11.5 Å². The van der Waals surface area contributed by atoms with Crippen LogP contribution in [-0.2, 0) is 16.6 Å². The lowest BCUT2D eigenvalue weighted by Gasteiger charge is -2.22. The summed E-state index contributed by atoms with van der Waals surface area (Å²) in [6.07, 6.45) is 0. The maximum absolute atomic E-state index is 13.1. The summed E-state index contributed by atoms with van der Waals surface area (Å²) < 4.78 is 39.3. The minimum atomic E-state index is -3.89. The number of sulfonamides is 1. The summed E-state index contributed by atoms with van der Waals surface area (Å²) in [4.78, 5) is 14.8. The van der Waals surface area contributed by atoms with E-state index in [1.807, 2.05) is 25.1 Å². The van der Waals surface area contributed by atoms with Gasteiger partial charge in [-0.3, -0.25) is 9.52 Å². The van der Waals surface area contributed by atoms with E-state index in [0.29, 0.717) is 48.4 Å². The van der Waals surface area contributed by atoms with Crippen molar-refractivity contribution in [3.05, 3.63) is 82.9 Å². The number of nitrogens with zero attached hydrogens (tertiary/aromatic N) is 1. The van der Waals surface area contributed by atoms with Crippen molar-refractivity contribution in [2.24, 2.45) is 0 Å². The summed E-state index contributed by atoms with van der Waals surface area (Å²) in [6, 6.07) is 18.2. The Bertz CT molecular complexity index is 1280. The van der Waals surface area contributed by atoms with Crippen LogP contribution < -0.4 is 14.2 Å². The number of carbonyl (C=O) groups excluding carboxylic acids is 1. The zero-order valence-electron chi connectivity index (χ0n) is 18.0. The molecule has 3 aromatic carbocycles. The third-order valence-corrected chi connectivity index (χ3v) is 6.73. The van der Waals surface area contributed by atoms with Crippen molar-refractivity contribution in [2.45, 2.75) is 18.4 Å². The topological polar surface area (TPSA) is 84.9 Å². The van der Waals surface area contributed by atoms with Crippen LogP contribution in [0.5, 0.6) is 11.5 Å². The molecule has 33 heavy (non-hydrogen) atoms. The molecule has 0 spiro atoms. The molecule has 0 saturated carbocycles. The number of carbonyl (C=O) groups is 1. The van der Waals surface area contributed by atoms with Crippen LogP contribution in [0.25, 0.3) is 0 Å². The van der Waals surface area contributed by atoms with Gasteiger partial charge in [-0.15, -0.1) is 0 Å². The van der Waals surface area contributed by atoms with E-state index in [1.54, 1.807) is 35.2 Å². The van der Waals surface area contributed by atoms with Crippen LogP contribution in [0.3, 0.4) is 0 Å². The highest BCUT2D eigenvalue weighted by molar-refractivity contribution is 7.92. The number of anilines is 1. The van der Waals surface area contributed by atoms with E-state index >= 15 is 0 Å². The largest absolute Gasteiger partial charge is 0.486 e. The van der Waals surface area contributed by atoms with Crippen LogP contribution in [0.4, 0.5) is 5.69 Å². The van der Waals surface area contributed by atoms with Gasteiger partial charge >= 0.3 is 0 Å². The molecule has 3 aromatic rings. The van der Waals surface area contributed by atoms with Crippen molar-refractivity contribution in [2.75, 3.05) is 24.5 Å². The Morgan fingerprint density at radius 2 is 1.76 bits per heavy atom. The third kappa shape index (κ3) is 5.40. The molecule has 0 saturated heterocycles. The summed E-state index contributed by atoms with van der Waals surface area (Å²) in [5.41, 5.74) is 1.57. The van der Waals surface area contributed by atoms with E-state index in [0.717, 1.165) is 5.56 Å². The van der Waals surface area contributed by atoms with Crippen LogP contribution in [0.15, 0.2) is 71.6 Å². The molecule has 172 valence electrons. The van der Waals surface area contributed by atoms with Gasteiger partial charge in [0, 0.05) is 35.4 Å². The average molecular weight is 487 g/mol. The summed E-state index contributed by atoms with van der Waals surface area (Å²) in [7, 11) is -3.89. The molecule has 0 unspecified atom stereocenters. The number of fused-ring (bicyclic) bond motifs is 1. The fourth-order valence-electron chi connectivity index (χ4n) is 3.49. The first-order chi connectivity index (χ1) is 15.9. The van der Waals surface area contributed by atoms with Crippen molar-refractivity contribution in [1.82, 2.24) is 4.90 Å². The lowest BCUT2D eigenvalue weighted by atomic mass is 10.1. The highest BCUT2D eigenvalue weighted by atomic mass is 35.5. The number of rotatable bonds is 7. The van der Waals surface area contributed by atoms with E-state index in [1.165, 1.54) is 18.2 Å². The van der Waals surface area contributed by atoms with E-state index in [9.17, 15) is 13.2 Å². The Morgan fingerprint density at radius 1 is 1.00 bits per heavy atom. The van der Waals surface area contributed by atoms with E-state index in [2.05, 4.69) is 4.72 Å². The standard InChI is InChI=1S/C24H23ClN2O5S/c1-2-27(16-17-5-3-7-19(25)13-17)24(28)18-6-4-8-20(14-18)26-33(29,30)21-9-10-22-23(15-21)32-12-11-31-22/h3-10,13-15,26H,2,11-12,16H2,1H3. The van der Waals surface area contributed by atoms with Crippen LogP contribution in [-0.4, -0.2) is 39.0 Å². The lowest BCUT2D eigenvalue weighted by Crippen LogP contribution is -2.30. The van der Waals surface area contributed by atoms with Crippen molar-refractivity contribution in [1.29, 1.82) is 0 Å². The average Bonchev–Trinajstić information content (AvgIpc) is 2.81. The minimum absolute atomic E-state index is 0.0413. The summed E-state index contributed by atoms with van der Waals surface area (Å²) >= 11 is 6.06. The second-order valence-electron chi connectivity index (χ2n) is 7.44. The fraction of sp³-hybridized carbons (Fsp3) is 0.208. The van der Waals surface area contributed by atoms with Crippen LogP contribution in [0.2, 0.25) is 5.02 Å². The smallest absolute Gasteiger partial charge is 0.262 e. The summed E-state index contributed by atoms with van der Waals surface area (Å²) in [5, 5.41) is 0.603. The quantitative estimate of drug-likeness (QED) is 0.528. The molecule has 1 amide bonds. The predicted octanol–water partition coefficient (Wildman–Crippen LogP) is 4.57. The second kappa shape index (κ2) is 9.72. The molecule has 7 nitrogen and oxygen atoms in total. The number of ether oxygens (including phenoxy) is 2. The molecule has 1 aliphatic heterocycles. The molecule has 0 fully saturated rings.